The van der Waals surface area contributed by atoms with E-state index in [1.54, 1.807) is 18.5 Å². The van der Waals surface area contributed by atoms with E-state index in [2.05, 4.69) is 35.9 Å². The second-order valence-electron chi connectivity index (χ2n) is 7.23. The number of pyridine rings is 1. The highest BCUT2D eigenvalue weighted by Gasteiger charge is 2.20. The number of benzene rings is 2. The van der Waals surface area contributed by atoms with Gasteiger partial charge in [0, 0.05) is 49.7 Å². The van der Waals surface area contributed by atoms with E-state index in [-0.39, 0.29) is 13.1 Å². The Balaban J connectivity index is 1.85. The predicted octanol–water partition coefficient (Wildman–Crippen LogP) is 4.93. The number of nitrogens with zero attached hydrogens (tertiary/aromatic N) is 3. The van der Waals surface area contributed by atoms with Crippen LogP contribution in [0.5, 0.6) is 0 Å². The Morgan fingerprint density at radius 3 is 2.13 bits per heavy atom. The molecule has 0 atom stereocenters. The number of hydrogen-bond donors (Lipinski definition) is 0. The van der Waals surface area contributed by atoms with Crippen molar-refractivity contribution in [2.75, 3.05) is 18.0 Å². The summed E-state index contributed by atoms with van der Waals surface area (Å²) in [6, 6.07) is 21.2. The van der Waals surface area contributed by atoms with Gasteiger partial charge >= 0.3 is 0 Å². The Bertz CT molecular complexity index is 1060. The average molecular weight is 436 g/mol. The molecule has 1 heterocycles. The minimum Gasteiger partial charge on any atom is -0.372 e. The summed E-state index contributed by atoms with van der Waals surface area (Å²) in [5.41, 5.74) is 3.77. The summed E-state index contributed by atoms with van der Waals surface area (Å²) >= 11 is 0. The van der Waals surface area contributed by atoms with Crippen molar-refractivity contribution in [2.45, 2.75) is 26.9 Å². The van der Waals surface area contributed by atoms with Crippen molar-refractivity contribution < 1.29 is 8.42 Å². The van der Waals surface area contributed by atoms with Gasteiger partial charge in [-0.25, -0.2) is 8.42 Å². The number of aromatic nitrogens is 1. The predicted molar refractivity (Wildman–Crippen MR) is 128 cm³/mol. The smallest absolute Gasteiger partial charge is 0.236 e. The molecule has 0 aliphatic carbocycles. The van der Waals surface area contributed by atoms with E-state index in [9.17, 15) is 8.42 Å². The Morgan fingerprint density at radius 2 is 1.52 bits per heavy atom. The fraction of sp³-hybridized carbons (Fsp3) is 0.240. The van der Waals surface area contributed by atoms with Crippen molar-refractivity contribution in [3.05, 3.63) is 101 Å². The minimum atomic E-state index is -3.64. The van der Waals surface area contributed by atoms with Crippen LogP contribution in [0.4, 0.5) is 5.69 Å². The van der Waals surface area contributed by atoms with Crippen LogP contribution in [0.2, 0.25) is 0 Å². The van der Waals surface area contributed by atoms with Crippen molar-refractivity contribution in [1.29, 1.82) is 0 Å². The zero-order valence-corrected chi connectivity index (χ0v) is 18.9. The molecule has 0 bridgehead atoms. The monoisotopic (exact) mass is 435 g/mol. The number of rotatable bonds is 10. The topological polar surface area (TPSA) is 53.5 Å². The number of anilines is 1. The number of hydrogen-bond acceptors (Lipinski definition) is 4. The molecule has 0 aliphatic rings. The van der Waals surface area contributed by atoms with Gasteiger partial charge in [0.05, 0.1) is 0 Å². The SMILES string of the molecule is CCN(CC)c1ccc(CN(Cc2cccnc2)S(=O)(=O)/C=C/c2ccccc2)cc1. The first-order chi connectivity index (χ1) is 15.0. The molecule has 31 heavy (non-hydrogen) atoms. The molecule has 5 nitrogen and oxygen atoms in total. The second kappa shape index (κ2) is 10.9. The molecule has 1 aromatic heterocycles. The maximum absolute atomic E-state index is 13.2. The van der Waals surface area contributed by atoms with Gasteiger partial charge in [0.25, 0.3) is 0 Å². The van der Waals surface area contributed by atoms with Crippen LogP contribution in [0.25, 0.3) is 6.08 Å². The second-order valence-corrected chi connectivity index (χ2v) is 9.04. The maximum Gasteiger partial charge on any atom is 0.236 e. The van der Waals surface area contributed by atoms with Gasteiger partial charge in [0.1, 0.15) is 0 Å². The maximum atomic E-state index is 13.2. The van der Waals surface area contributed by atoms with E-state index < -0.39 is 10.0 Å². The highest BCUT2D eigenvalue weighted by Crippen LogP contribution is 2.20. The van der Waals surface area contributed by atoms with Crippen LogP contribution in [-0.4, -0.2) is 30.8 Å². The van der Waals surface area contributed by atoms with Gasteiger partial charge in [-0.15, -0.1) is 0 Å². The van der Waals surface area contributed by atoms with Crippen molar-refractivity contribution in [1.82, 2.24) is 9.29 Å². The lowest BCUT2D eigenvalue weighted by molar-refractivity contribution is 0.407. The molecule has 2 aromatic carbocycles. The first kappa shape index (κ1) is 22.7. The van der Waals surface area contributed by atoms with Crippen molar-refractivity contribution >= 4 is 21.8 Å². The van der Waals surface area contributed by atoms with Gasteiger partial charge in [-0.3, -0.25) is 4.98 Å². The summed E-state index contributed by atoms with van der Waals surface area (Å²) in [5.74, 6) is 0. The molecular weight excluding hydrogens is 406 g/mol. The highest BCUT2D eigenvalue weighted by atomic mass is 32.2. The summed E-state index contributed by atoms with van der Waals surface area (Å²) in [6.45, 7) is 6.66. The van der Waals surface area contributed by atoms with E-state index in [0.29, 0.717) is 0 Å². The van der Waals surface area contributed by atoms with Crippen LogP contribution >= 0.6 is 0 Å². The summed E-state index contributed by atoms with van der Waals surface area (Å²) in [5, 5.41) is 1.28. The quantitative estimate of drug-likeness (QED) is 0.453. The molecule has 162 valence electrons. The fourth-order valence-electron chi connectivity index (χ4n) is 3.35. The van der Waals surface area contributed by atoms with E-state index in [4.69, 9.17) is 0 Å². The first-order valence-corrected chi connectivity index (χ1v) is 12.0. The van der Waals surface area contributed by atoms with E-state index >= 15 is 0 Å². The van der Waals surface area contributed by atoms with E-state index in [0.717, 1.165) is 35.5 Å². The van der Waals surface area contributed by atoms with E-state index in [1.165, 1.54) is 9.71 Å². The van der Waals surface area contributed by atoms with Gasteiger partial charge in [0.2, 0.25) is 10.0 Å². The molecule has 6 heteroatoms. The molecule has 0 amide bonds. The van der Waals surface area contributed by atoms with Crippen molar-refractivity contribution in [3.8, 4) is 0 Å². The Kier molecular flexibility index (Phi) is 7.98. The molecular formula is C25H29N3O2S. The van der Waals surface area contributed by atoms with E-state index in [1.807, 2.05) is 54.6 Å². The summed E-state index contributed by atoms with van der Waals surface area (Å²) < 4.78 is 27.9. The lowest BCUT2D eigenvalue weighted by atomic mass is 10.2. The summed E-state index contributed by atoms with van der Waals surface area (Å²) in [7, 11) is -3.64. The van der Waals surface area contributed by atoms with Crippen LogP contribution in [0.15, 0.2) is 84.5 Å². The highest BCUT2D eigenvalue weighted by molar-refractivity contribution is 7.92. The Hall–Kier alpha value is -2.96. The number of sulfonamides is 1. The van der Waals surface area contributed by atoms with Crippen LogP contribution in [0, 0.1) is 0 Å². The third-order valence-corrected chi connectivity index (χ3v) is 6.56. The summed E-state index contributed by atoms with van der Waals surface area (Å²) in [6.07, 6.45) is 5.02. The molecule has 3 rings (SSSR count). The third kappa shape index (κ3) is 6.51. The van der Waals surface area contributed by atoms with Gasteiger partial charge in [-0.2, -0.15) is 4.31 Å². The van der Waals surface area contributed by atoms with Gasteiger partial charge in [0.15, 0.2) is 0 Å². The molecule has 0 saturated carbocycles. The Labute approximate surface area is 185 Å². The fourth-order valence-corrected chi connectivity index (χ4v) is 4.51. The molecule has 0 N–H and O–H groups in total. The van der Waals surface area contributed by atoms with Crippen molar-refractivity contribution in [3.63, 3.8) is 0 Å². The lowest BCUT2D eigenvalue weighted by Crippen LogP contribution is -2.28. The normalized spacial score (nSPS) is 11.8. The first-order valence-electron chi connectivity index (χ1n) is 10.5. The largest absolute Gasteiger partial charge is 0.372 e. The molecule has 0 aliphatic heterocycles. The molecule has 0 radical (unpaired) electrons. The molecule has 0 saturated heterocycles. The molecule has 0 unspecified atom stereocenters. The van der Waals surface area contributed by atoms with Gasteiger partial charge in [-0.1, -0.05) is 48.5 Å². The van der Waals surface area contributed by atoms with Crippen LogP contribution in [0.3, 0.4) is 0 Å². The lowest BCUT2D eigenvalue weighted by Gasteiger charge is -2.23. The minimum absolute atomic E-state index is 0.257. The zero-order valence-electron chi connectivity index (χ0n) is 18.1. The van der Waals surface area contributed by atoms with Gasteiger partial charge < -0.3 is 4.90 Å². The van der Waals surface area contributed by atoms with Crippen molar-refractivity contribution in [2.24, 2.45) is 0 Å². The Morgan fingerprint density at radius 1 is 0.839 bits per heavy atom. The summed E-state index contributed by atoms with van der Waals surface area (Å²) in [4.78, 5) is 6.39. The van der Waals surface area contributed by atoms with Crippen LogP contribution in [-0.2, 0) is 23.1 Å². The van der Waals surface area contributed by atoms with Crippen LogP contribution in [0.1, 0.15) is 30.5 Å². The average Bonchev–Trinajstić information content (AvgIpc) is 2.80. The van der Waals surface area contributed by atoms with Gasteiger partial charge in [-0.05, 0) is 54.8 Å². The zero-order chi connectivity index (χ0) is 22.1. The third-order valence-electron chi connectivity index (χ3n) is 5.10. The van der Waals surface area contributed by atoms with Crippen LogP contribution < -0.4 is 4.90 Å². The molecule has 3 aromatic rings. The molecule has 0 spiro atoms. The molecule has 0 fully saturated rings. The standard InChI is InChI=1S/C25H29N3O2S/c1-3-27(4-2)25-14-12-23(13-15-25)20-28(21-24-11-8-17-26-19-24)31(29,30)18-16-22-9-6-5-7-10-22/h5-19H,3-4,20-21H2,1-2H3/b18-16+.